The molecule has 2 rings (SSSR count). The van der Waals surface area contributed by atoms with Crippen molar-refractivity contribution in [2.45, 2.75) is 18.9 Å². The predicted octanol–water partition coefficient (Wildman–Crippen LogP) is 0.300. The molecule has 0 saturated carbocycles. The van der Waals surface area contributed by atoms with Gasteiger partial charge in [-0.3, -0.25) is 0 Å². The number of piperidine rings is 2. The van der Waals surface area contributed by atoms with E-state index in [9.17, 15) is 0 Å². The van der Waals surface area contributed by atoms with Gasteiger partial charge in [-0.25, -0.2) is 0 Å². The first kappa shape index (κ1) is 6.62. The molecular formula is C8H16N2. The molecule has 2 saturated heterocycles. The van der Waals surface area contributed by atoms with Gasteiger partial charge < -0.3 is 10.2 Å². The van der Waals surface area contributed by atoms with Gasteiger partial charge in [0.25, 0.3) is 0 Å². The van der Waals surface area contributed by atoms with Gasteiger partial charge in [-0.1, -0.05) is 0 Å². The number of nitrogens with one attached hydrogen (secondary N) is 1. The van der Waals surface area contributed by atoms with E-state index in [0.29, 0.717) is 0 Å². The van der Waals surface area contributed by atoms with Gasteiger partial charge >= 0.3 is 0 Å². The minimum Gasteiger partial charge on any atom is -0.315 e. The van der Waals surface area contributed by atoms with Crippen molar-refractivity contribution in [1.82, 2.24) is 10.2 Å². The van der Waals surface area contributed by atoms with Gasteiger partial charge in [0.2, 0.25) is 0 Å². The smallest absolute Gasteiger partial charge is 0.0220 e. The molecule has 2 aliphatic heterocycles. The Morgan fingerprint density at radius 2 is 2.30 bits per heavy atom. The molecule has 2 unspecified atom stereocenters. The van der Waals surface area contributed by atoms with Crippen LogP contribution in [0.5, 0.6) is 0 Å². The summed E-state index contributed by atoms with van der Waals surface area (Å²) in [5, 5.41) is 3.48. The van der Waals surface area contributed by atoms with E-state index in [-0.39, 0.29) is 0 Å². The van der Waals surface area contributed by atoms with Crippen LogP contribution in [0.3, 0.4) is 0 Å². The number of likely N-dealkylation sites (N-methyl/N-ethyl adjacent to an activating group) is 1. The average Bonchev–Trinajstić information content (AvgIpc) is 1.99. The Bertz CT molecular complexity index is 122. The van der Waals surface area contributed by atoms with Gasteiger partial charge in [-0.2, -0.15) is 0 Å². The van der Waals surface area contributed by atoms with Crippen LogP contribution >= 0.6 is 0 Å². The second-order valence-electron chi connectivity index (χ2n) is 3.68. The number of likely N-dealkylation sites (tertiary alicyclic amines) is 1. The maximum atomic E-state index is 3.48. The second-order valence-corrected chi connectivity index (χ2v) is 3.68. The lowest BCUT2D eigenvalue weighted by molar-refractivity contribution is 0.110. The first-order valence-corrected chi connectivity index (χ1v) is 4.27. The molecule has 2 aliphatic rings. The predicted molar refractivity (Wildman–Crippen MR) is 42.0 cm³/mol. The van der Waals surface area contributed by atoms with Crippen LogP contribution in [-0.4, -0.2) is 37.6 Å². The molecule has 58 valence electrons. The lowest BCUT2D eigenvalue weighted by Crippen LogP contribution is -2.52. The minimum atomic E-state index is 0.840. The van der Waals surface area contributed by atoms with Gasteiger partial charge in [0.1, 0.15) is 0 Å². The summed E-state index contributed by atoms with van der Waals surface area (Å²) in [6, 6.07) is 0.840. The van der Waals surface area contributed by atoms with E-state index in [1.807, 2.05) is 0 Å². The average molecular weight is 140 g/mol. The molecule has 0 aromatic carbocycles. The Morgan fingerprint density at radius 1 is 1.40 bits per heavy atom. The van der Waals surface area contributed by atoms with Crippen LogP contribution in [0.15, 0.2) is 0 Å². The van der Waals surface area contributed by atoms with Crippen LogP contribution in [0, 0.1) is 5.92 Å². The summed E-state index contributed by atoms with van der Waals surface area (Å²) in [7, 11) is 2.24. The van der Waals surface area contributed by atoms with Gasteiger partial charge in [0.15, 0.2) is 0 Å². The van der Waals surface area contributed by atoms with Crippen LogP contribution < -0.4 is 5.32 Å². The highest BCUT2D eigenvalue weighted by atomic mass is 15.2. The third kappa shape index (κ3) is 1.06. The Hall–Kier alpha value is -0.0800. The van der Waals surface area contributed by atoms with Crippen molar-refractivity contribution >= 4 is 0 Å². The van der Waals surface area contributed by atoms with Crippen LogP contribution in [0.1, 0.15) is 12.8 Å². The van der Waals surface area contributed by atoms with Crippen molar-refractivity contribution in [2.24, 2.45) is 5.92 Å². The molecule has 2 heteroatoms. The quantitative estimate of drug-likeness (QED) is 0.520. The van der Waals surface area contributed by atoms with E-state index in [1.165, 1.54) is 32.5 Å². The number of hydrogen-bond acceptors (Lipinski definition) is 2. The van der Waals surface area contributed by atoms with E-state index in [2.05, 4.69) is 17.3 Å². The van der Waals surface area contributed by atoms with Crippen molar-refractivity contribution in [3.05, 3.63) is 0 Å². The summed E-state index contributed by atoms with van der Waals surface area (Å²) < 4.78 is 0. The van der Waals surface area contributed by atoms with E-state index in [0.717, 1.165) is 12.0 Å². The Kier molecular flexibility index (Phi) is 1.66. The number of rotatable bonds is 0. The largest absolute Gasteiger partial charge is 0.315 e. The fraction of sp³-hybridized carbons (Fsp3) is 1.00. The standard InChI is InChI=1S/C8H16N2/c1-10-3-2-7-4-8(10)6-9-5-7/h7-9H,2-6H2,1H3. The second kappa shape index (κ2) is 2.51. The molecule has 0 aromatic heterocycles. The third-order valence-corrected chi connectivity index (χ3v) is 2.93. The fourth-order valence-corrected chi connectivity index (χ4v) is 2.13. The van der Waals surface area contributed by atoms with Gasteiger partial charge in [0.05, 0.1) is 0 Å². The number of fused-ring (bicyclic) bond motifs is 2. The van der Waals surface area contributed by atoms with E-state index in [4.69, 9.17) is 0 Å². The van der Waals surface area contributed by atoms with Crippen molar-refractivity contribution in [3.8, 4) is 0 Å². The summed E-state index contributed by atoms with van der Waals surface area (Å²) in [6.45, 7) is 3.80. The van der Waals surface area contributed by atoms with Crippen LogP contribution in [0.4, 0.5) is 0 Å². The Balaban J connectivity index is 2.00. The van der Waals surface area contributed by atoms with Crippen molar-refractivity contribution in [1.29, 1.82) is 0 Å². The molecule has 10 heavy (non-hydrogen) atoms. The minimum absolute atomic E-state index is 0.840. The zero-order valence-corrected chi connectivity index (χ0v) is 6.64. The molecular weight excluding hydrogens is 124 g/mol. The van der Waals surface area contributed by atoms with Crippen molar-refractivity contribution in [2.75, 3.05) is 26.7 Å². The monoisotopic (exact) mass is 140 g/mol. The third-order valence-electron chi connectivity index (χ3n) is 2.93. The molecule has 2 nitrogen and oxygen atoms in total. The SMILES string of the molecule is CN1CCC2CNCC1C2. The molecule has 0 spiro atoms. The van der Waals surface area contributed by atoms with Crippen molar-refractivity contribution in [3.63, 3.8) is 0 Å². The van der Waals surface area contributed by atoms with Crippen LogP contribution in [0.2, 0.25) is 0 Å². The zero-order chi connectivity index (χ0) is 6.97. The molecule has 0 aromatic rings. The fourth-order valence-electron chi connectivity index (χ4n) is 2.13. The van der Waals surface area contributed by atoms with Crippen molar-refractivity contribution < 1.29 is 0 Å². The van der Waals surface area contributed by atoms with Gasteiger partial charge in [-0.05, 0) is 38.9 Å². The highest BCUT2D eigenvalue weighted by Crippen LogP contribution is 2.23. The Morgan fingerprint density at radius 3 is 3.10 bits per heavy atom. The molecule has 0 radical (unpaired) electrons. The molecule has 2 fully saturated rings. The zero-order valence-electron chi connectivity index (χ0n) is 6.64. The van der Waals surface area contributed by atoms with E-state index < -0.39 is 0 Å². The summed E-state index contributed by atoms with van der Waals surface area (Å²) in [6.07, 6.45) is 2.84. The summed E-state index contributed by atoms with van der Waals surface area (Å²) in [5.74, 6) is 0.981. The first-order valence-electron chi connectivity index (χ1n) is 4.27. The maximum absolute atomic E-state index is 3.48. The number of hydrogen-bond donors (Lipinski definition) is 1. The first-order chi connectivity index (χ1) is 4.86. The van der Waals surface area contributed by atoms with E-state index >= 15 is 0 Å². The Labute approximate surface area is 62.6 Å². The molecule has 2 atom stereocenters. The van der Waals surface area contributed by atoms with Crippen LogP contribution in [-0.2, 0) is 0 Å². The summed E-state index contributed by atoms with van der Waals surface area (Å²) >= 11 is 0. The lowest BCUT2D eigenvalue weighted by atomic mass is 9.88. The molecule has 1 N–H and O–H groups in total. The molecule has 0 aliphatic carbocycles. The molecule has 2 bridgehead atoms. The summed E-state index contributed by atoms with van der Waals surface area (Å²) in [5.41, 5.74) is 0. The maximum Gasteiger partial charge on any atom is 0.0220 e. The number of nitrogens with zero attached hydrogens (tertiary/aromatic N) is 1. The topological polar surface area (TPSA) is 15.3 Å². The van der Waals surface area contributed by atoms with Gasteiger partial charge in [-0.15, -0.1) is 0 Å². The molecule has 2 heterocycles. The van der Waals surface area contributed by atoms with Crippen LogP contribution in [0.25, 0.3) is 0 Å². The highest BCUT2D eigenvalue weighted by molar-refractivity contribution is 4.86. The molecule has 0 amide bonds. The highest BCUT2D eigenvalue weighted by Gasteiger charge is 2.28. The lowest BCUT2D eigenvalue weighted by Gasteiger charge is -2.41. The van der Waals surface area contributed by atoms with E-state index in [1.54, 1.807) is 0 Å². The van der Waals surface area contributed by atoms with Gasteiger partial charge in [0, 0.05) is 12.6 Å². The summed E-state index contributed by atoms with van der Waals surface area (Å²) in [4.78, 5) is 2.49. The normalized spacial score (nSPS) is 41.7.